The number of nitrogens with zero attached hydrogens (tertiary/aromatic N) is 2. The van der Waals surface area contributed by atoms with Crippen LogP contribution < -0.4 is 0 Å². The number of fused-ring (bicyclic) bond motifs is 1. The molecular formula is C12H11ClN2O4S2. The Balaban J connectivity index is 2.51. The first-order chi connectivity index (χ1) is 9.85. The number of carbonyl (C=O) groups excluding carboxylic acids is 1. The number of aromatic nitrogens is 2. The van der Waals surface area contributed by atoms with Crippen molar-refractivity contribution in [3.8, 4) is 0 Å². The number of carboxylic acid groups (broad SMARTS) is 1. The van der Waals surface area contributed by atoms with Gasteiger partial charge in [-0.2, -0.15) is 0 Å². The van der Waals surface area contributed by atoms with Gasteiger partial charge < -0.3 is 9.84 Å². The molecule has 0 bridgehead atoms. The molecule has 0 aliphatic rings. The highest BCUT2D eigenvalue weighted by atomic mass is 35.5. The summed E-state index contributed by atoms with van der Waals surface area (Å²) in [4.78, 5) is 31.9. The van der Waals surface area contributed by atoms with E-state index in [9.17, 15) is 9.59 Å². The van der Waals surface area contributed by atoms with Gasteiger partial charge in [-0.3, -0.25) is 4.79 Å². The van der Waals surface area contributed by atoms with Crippen molar-refractivity contribution in [2.75, 3.05) is 7.11 Å². The highest BCUT2D eigenvalue weighted by Gasteiger charge is 2.22. The number of hydrogen-bond acceptors (Lipinski definition) is 7. The lowest BCUT2D eigenvalue weighted by Gasteiger charge is -2.05. The molecule has 0 fully saturated rings. The Morgan fingerprint density at radius 2 is 2.10 bits per heavy atom. The molecule has 0 aliphatic heterocycles. The molecule has 1 N–H and O–H groups in total. The number of rotatable bonds is 4. The fraction of sp³-hybridized carbons (Fsp3) is 0.333. The predicted octanol–water partition coefficient (Wildman–Crippen LogP) is 3.00. The number of carboxylic acids is 1. The lowest BCUT2D eigenvalue weighted by molar-refractivity contribution is -0.136. The van der Waals surface area contributed by atoms with E-state index in [0.29, 0.717) is 20.7 Å². The van der Waals surface area contributed by atoms with Crippen molar-refractivity contribution in [2.24, 2.45) is 0 Å². The van der Waals surface area contributed by atoms with Gasteiger partial charge in [0, 0.05) is 0 Å². The van der Waals surface area contributed by atoms with Crippen LogP contribution in [0.4, 0.5) is 0 Å². The maximum atomic E-state index is 11.7. The van der Waals surface area contributed by atoms with Crippen LogP contribution >= 0.6 is 34.7 Å². The van der Waals surface area contributed by atoms with E-state index in [0.717, 1.165) is 23.1 Å². The zero-order chi connectivity index (χ0) is 15.7. The van der Waals surface area contributed by atoms with E-state index in [4.69, 9.17) is 21.4 Å². The summed E-state index contributed by atoms with van der Waals surface area (Å²) < 4.78 is 4.71. The summed E-state index contributed by atoms with van der Waals surface area (Å²) in [6.07, 6.45) is 0. The molecule has 1 unspecified atom stereocenters. The van der Waals surface area contributed by atoms with Crippen LogP contribution in [0.1, 0.15) is 22.2 Å². The minimum absolute atomic E-state index is 0.198. The number of aliphatic carboxylic acids is 1. The average Bonchev–Trinajstić information content (AvgIpc) is 2.75. The van der Waals surface area contributed by atoms with Gasteiger partial charge in [-0.1, -0.05) is 23.4 Å². The number of thioether (sulfide) groups is 1. The van der Waals surface area contributed by atoms with Crippen LogP contribution in [0.3, 0.4) is 0 Å². The first-order valence-electron chi connectivity index (χ1n) is 5.79. The largest absolute Gasteiger partial charge is 0.480 e. The van der Waals surface area contributed by atoms with Gasteiger partial charge >= 0.3 is 11.9 Å². The Hall–Kier alpha value is -1.38. The average molecular weight is 347 g/mol. The van der Waals surface area contributed by atoms with Crippen molar-refractivity contribution >= 4 is 56.9 Å². The first-order valence-corrected chi connectivity index (χ1v) is 7.87. The number of hydrogen-bond donors (Lipinski definition) is 1. The minimum Gasteiger partial charge on any atom is -0.480 e. The SMILES string of the molecule is COC(=O)c1sc2nc(SC(C)C(=O)O)nc(Cl)c2c1C. The van der Waals surface area contributed by atoms with Gasteiger partial charge in [0.2, 0.25) is 0 Å². The number of halogens is 1. The molecule has 0 aliphatic carbocycles. The number of aryl methyl sites for hydroxylation is 1. The topological polar surface area (TPSA) is 89.4 Å². The summed E-state index contributed by atoms with van der Waals surface area (Å²) in [5, 5.41) is 9.27. The van der Waals surface area contributed by atoms with Crippen molar-refractivity contribution in [3.63, 3.8) is 0 Å². The molecule has 1 atom stereocenters. The van der Waals surface area contributed by atoms with Gasteiger partial charge in [-0.05, 0) is 19.4 Å². The Morgan fingerprint density at radius 3 is 2.67 bits per heavy atom. The summed E-state index contributed by atoms with van der Waals surface area (Å²) in [5.41, 5.74) is 0.662. The second-order valence-corrected chi connectivity index (χ2v) is 6.79. The molecule has 6 nitrogen and oxygen atoms in total. The van der Waals surface area contributed by atoms with E-state index in [1.165, 1.54) is 14.0 Å². The molecule has 0 radical (unpaired) electrons. The Labute approximate surface area is 133 Å². The van der Waals surface area contributed by atoms with E-state index in [2.05, 4.69) is 9.97 Å². The molecule has 0 saturated heterocycles. The van der Waals surface area contributed by atoms with Crippen molar-refractivity contribution in [2.45, 2.75) is 24.3 Å². The lowest BCUT2D eigenvalue weighted by atomic mass is 10.2. The minimum atomic E-state index is -0.961. The number of ether oxygens (including phenoxy) is 1. The maximum absolute atomic E-state index is 11.7. The smallest absolute Gasteiger partial charge is 0.348 e. The lowest BCUT2D eigenvalue weighted by Crippen LogP contribution is -2.11. The second-order valence-electron chi connectivity index (χ2n) is 4.12. The third-order valence-corrected chi connectivity index (χ3v) is 5.11. The molecule has 0 saturated carbocycles. The van der Waals surface area contributed by atoms with Crippen molar-refractivity contribution in [1.82, 2.24) is 9.97 Å². The van der Waals surface area contributed by atoms with E-state index < -0.39 is 17.2 Å². The van der Waals surface area contributed by atoms with E-state index in [-0.39, 0.29) is 10.3 Å². The quantitative estimate of drug-likeness (QED) is 0.394. The molecule has 2 heterocycles. The highest BCUT2D eigenvalue weighted by Crippen LogP contribution is 2.35. The van der Waals surface area contributed by atoms with E-state index in [1.54, 1.807) is 6.92 Å². The molecule has 2 aromatic rings. The van der Waals surface area contributed by atoms with Crippen LogP contribution in [0.15, 0.2) is 5.16 Å². The van der Waals surface area contributed by atoms with Crippen LogP contribution in [0.2, 0.25) is 5.15 Å². The van der Waals surface area contributed by atoms with Crippen LogP contribution in [-0.2, 0) is 9.53 Å². The highest BCUT2D eigenvalue weighted by molar-refractivity contribution is 8.00. The molecule has 0 aromatic carbocycles. The normalized spacial score (nSPS) is 12.4. The summed E-state index contributed by atoms with van der Waals surface area (Å²) in [7, 11) is 1.30. The summed E-state index contributed by atoms with van der Waals surface area (Å²) in [5.74, 6) is -1.42. The predicted molar refractivity (Wildman–Crippen MR) is 81.5 cm³/mol. The Bertz CT molecular complexity index is 732. The monoisotopic (exact) mass is 346 g/mol. The number of esters is 1. The molecule has 21 heavy (non-hydrogen) atoms. The van der Waals surface area contributed by atoms with Gasteiger partial charge in [0.05, 0.1) is 12.5 Å². The molecule has 2 rings (SSSR count). The zero-order valence-electron chi connectivity index (χ0n) is 11.3. The zero-order valence-corrected chi connectivity index (χ0v) is 13.7. The summed E-state index contributed by atoms with van der Waals surface area (Å²) >= 11 is 8.28. The molecule has 0 spiro atoms. The van der Waals surface area contributed by atoms with Crippen LogP contribution in [0.5, 0.6) is 0 Å². The molecule has 0 amide bonds. The van der Waals surface area contributed by atoms with Gasteiger partial charge in [0.15, 0.2) is 5.16 Å². The van der Waals surface area contributed by atoms with Crippen molar-refractivity contribution in [1.29, 1.82) is 0 Å². The van der Waals surface area contributed by atoms with Gasteiger partial charge in [-0.25, -0.2) is 14.8 Å². The maximum Gasteiger partial charge on any atom is 0.348 e. The van der Waals surface area contributed by atoms with Crippen LogP contribution in [0.25, 0.3) is 10.2 Å². The van der Waals surface area contributed by atoms with Gasteiger partial charge in [0.1, 0.15) is 20.1 Å². The summed E-state index contributed by atoms with van der Waals surface area (Å²) in [6, 6.07) is 0. The fourth-order valence-corrected chi connectivity index (χ4v) is 3.90. The Morgan fingerprint density at radius 1 is 1.43 bits per heavy atom. The van der Waals surface area contributed by atoms with Crippen LogP contribution in [0, 0.1) is 6.92 Å². The number of carbonyl (C=O) groups is 2. The molecule has 2 aromatic heterocycles. The fourth-order valence-electron chi connectivity index (χ4n) is 1.62. The van der Waals surface area contributed by atoms with E-state index >= 15 is 0 Å². The molecule has 9 heteroatoms. The second kappa shape index (κ2) is 6.17. The third kappa shape index (κ3) is 3.12. The van der Waals surface area contributed by atoms with Gasteiger partial charge in [0.25, 0.3) is 0 Å². The van der Waals surface area contributed by atoms with Gasteiger partial charge in [-0.15, -0.1) is 11.3 Å². The molecular weight excluding hydrogens is 336 g/mol. The standard InChI is InChI=1S/C12H11ClN2O4S2/c1-4-6-8(13)14-12(20-5(2)10(16)17)15-9(6)21-7(4)11(18)19-3/h5H,1-3H3,(H,16,17). The Kier molecular flexibility index (Phi) is 4.70. The number of methoxy groups -OCH3 is 1. The number of thiophene rings is 1. The van der Waals surface area contributed by atoms with E-state index in [1.807, 2.05) is 0 Å². The van der Waals surface area contributed by atoms with Crippen molar-refractivity contribution in [3.05, 3.63) is 15.6 Å². The first kappa shape index (κ1) is 16.0. The summed E-state index contributed by atoms with van der Waals surface area (Å²) in [6.45, 7) is 3.28. The third-order valence-electron chi connectivity index (χ3n) is 2.73. The molecule has 112 valence electrons. The van der Waals surface area contributed by atoms with Crippen LogP contribution in [-0.4, -0.2) is 39.4 Å². The van der Waals surface area contributed by atoms with Crippen molar-refractivity contribution < 1.29 is 19.4 Å².